The standard InChI is InChI=1S/C3H6N2O2/c6-3-4-1-2-5(3)7/h1-4,6-7H. The molecule has 0 saturated heterocycles. The van der Waals surface area contributed by atoms with Gasteiger partial charge in [0.25, 0.3) is 0 Å². The van der Waals surface area contributed by atoms with Crippen LogP contribution in [0, 0.1) is 0 Å². The fraction of sp³-hybridized carbons (Fsp3) is 0.333. The highest BCUT2D eigenvalue weighted by atomic mass is 16.5. The predicted molar refractivity (Wildman–Crippen MR) is 21.9 cm³/mol. The Morgan fingerprint density at radius 3 is 2.57 bits per heavy atom. The van der Waals surface area contributed by atoms with E-state index in [-0.39, 0.29) is 0 Å². The summed E-state index contributed by atoms with van der Waals surface area (Å²) in [5.74, 6) is 0. The van der Waals surface area contributed by atoms with E-state index in [1.807, 2.05) is 0 Å². The van der Waals surface area contributed by atoms with Crippen LogP contribution in [0.1, 0.15) is 0 Å². The number of rotatable bonds is 0. The predicted octanol–water partition coefficient (Wildman–Crippen LogP) is -0.972. The normalized spacial score (nSPS) is 28.3. The molecule has 0 aromatic carbocycles. The first kappa shape index (κ1) is 4.42. The van der Waals surface area contributed by atoms with Gasteiger partial charge in [-0.1, -0.05) is 0 Å². The molecule has 1 heterocycles. The Morgan fingerprint density at radius 2 is 2.43 bits per heavy atom. The number of hydroxylamine groups is 2. The van der Waals surface area contributed by atoms with Crippen LogP contribution in [0.25, 0.3) is 0 Å². The van der Waals surface area contributed by atoms with Crippen molar-refractivity contribution in [1.82, 2.24) is 10.4 Å². The largest absolute Gasteiger partial charge is 0.355 e. The Kier molecular flexibility index (Phi) is 0.883. The second-order valence-corrected chi connectivity index (χ2v) is 1.24. The molecular weight excluding hydrogens is 96.0 g/mol. The molecule has 0 saturated carbocycles. The number of hydrogen-bond acceptors (Lipinski definition) is 4. The van der Waals surface area contributed by atoms with Gasteiger partial charge in [0.05, 0.1) is 0 Å². The van der Waals surface area contributed by atoms with E-state index in [2.05, 4.69) is 5.32 Å². The molecule has 1 aliphatic heterocycles. The summed E-state index contributed by atoms with van der Waals surface area (Å²) < 4.78 is 0. The summed E-state index contributed by atoms with van der Waals surface area (Å²) in [5.41, 5.74) is 0. The molecule has 0 spiro atoms. The van der Waals surface area contributed by atoms with E-state index in [9.17, 15) is 0 Å². The third-order valence-electron chi connectivity index (χ3n) is 0.723. The van der Waals surface area contributed by atoms with E-state index in [0.717, 1.165) is 0 Å². The number of aliphatic hydroxyl groups is 1. The van der Waals surface area contributed by atoms with Gasteiger partial charge in [0, 0.05) is 12.4 Å². The average molecular weight is 102 g/mol. The Labute approximate surface area is 40.6 Å². The van der Waals surface area contributed by atoms with Gasteiger partial charge in [-0.15, -0.1) is 0 Å². The molecule has 4 heteroatoms. The Morgan fingerprint density at radius 1 is 1.71 bits per heavy atom. The van der Waals surface area contributed by atoms with Crippen molar-refractivity contribution in [3.8, 4) is 0 Å². The lowest BCUT2D eigenvalue weighted by atomic mass is 11.0. The minimum absolute atomic E-state index is 0.667. The first-order chi connectivity index (χ1) is 3.30. The molecule has 0 aromatic heterocycles. The maximum Gasteiger partial charge on any atom is 0.227 e. The van der Waals surface area contributed by atoms with E-state index >= 15 is 0 Å². The van der Waals surface area contributed by atoms with Crippen molar-refractivity contribution in [2.24, 2.45) is 0 Å². The molecule has 0 amide bonds. The van der Waals surface area contributed by atoms with Crippen LogP contribution in [-0.4, -0.2) is 21.7 Å². The Bertz CT molecular complexity index is 92.9. The van der Waals surface area contributed by atoms with Gasteiger partial charge in [0.2, 0.25) is 6.35 Å². The summed E-state index contributed by atoms with van der Waals surface area (Å²) in [6, 6.07) is 0. The first-order valence-corrected chi connectivity index (χ1v) is 1.89. The summed E-state index contributed by atoms with van der Waals surface area (Å²) in [6.45, 7) is 0. The van der Waals surface area contributed by atoms with Crippen molar-refractivity contribution in [2.45, 2.75) is 6.35 Å². The molecule has 1 rings (SSSR count). The number of aliphatic hydroxyl groups excluding tert-OH is 1. The highest BCUT2D eigenvalue weighted by molar-refractivity contribution is 4.84. The van der Waals surface area contributed by atoms with Gasteiger partial charge in [-0.25, -0.2) is 5.06 Å². The van der Waals surface area contributed by atoms with Crippen LogP contribution in [0.15, 0.2) is 12.4 Å². The van der Waals surface area contributed by atoms with Gasteiger partial charge in [0.15, 0.2) is 0 Å². The van der Waals surface area contributed by atoms with Gasteiger partial charge in [0.1, 0.15) is 0 Å². The van der Waals surface area contributed by atoms with Crippen molar-refractivity contribution in [3.63, 3.8) is 0 Å². The quantitative estimate of drug-likeness (QED) is 0.368. The molecule has 1 aliphatic rings. The second-order valence-electron chi connectivity index (χ2n) is 1.24. The molecule has 0 radical (unpaired) electrons. The molecule has 0 aliphatic carbocycles. The number of nitrogens with one attached hydrogen (secondary N) is 1. The van der Waals surface area contributed by atoms with Crippen LogP contribution < -0.4 is 5.32 Å². The summed E-state index contributed by atoms with van der Waals surface area (Å²) in [5, 5.41) is 20.0. The van der Waals surface area contributed by atoms with E-state index in [0.29, 0.717) is 5.06 Å². The maximum absolute atomic E-state index is 8.50. The zero-order valence-corrected chi connectivity index (χ0v) is 3.57. The van der Waals surface area contributed by atoms with Crippen LogP contribution >= 0.6 is 0 Å². The fourth-order valence-electron chi connectivity index (χ4n) is 0.363. The monoisotopic (exact) mass is 102 g/mol. The summed E-state index contributed by atoms with van der Waals surface area (Å²) >= 11 is 0. The van der Waals surface area contributed by atoms with E-state index in [4.69, 9.17) is 10.3 Å². The van der Waals surface area contributed by atoms with Crippen molar-refractivity contribution >= 4 is 0 Å². The van der Waals surface area contributed by atoms with Crippen molar-refractivity contribution in [1.29, 1.82) is 0 Å². The molecule has 0 bridgehead atoms. The molecule has 0 aromatic rings. The van der Waals surface area contributed by atoms with Crippen LogP contribution in [0.5, 0.6) is 0 Å². The molecule has 1 atom stereocenters. The molecule has 0 fully saturated rings. The van der Waals surface area contributed by atoms with E-state index in [1.165, 1.54) is 12.4 Å². The van der Waals surface area contributed by atoms with Crippen LogP contribution in [0.2, 0.25) is 0 Å². The third-order valence-corrected chi connectivity index (χ3v) is 0.723. The molecule has 4 nitrogen and oxygen atoms in total. The van der Waals surface area contributed by atoms with Crippen molar-refractivity contribution in [2.75, 3.05) is 0 Å². The smallest absolute Gasteiger partial charge is 0.227 e. The van der Waals surface area contributed by atoms with E-state index in [1.54, 1.807) is 0 Å². The summed E-state index contributed by atoms with van der Waals surface area (Å²) in [6.07, 6.45) is 1.81. The van der Waals surface area contributed by atoms with Crippen LogP contribution in [0.3, 0.4) is 0 Å². The maximum atomic E-state index is 8.50. The lowest BCUT2D eigenvalue weighted by Gasteiger charge is -2.10. The molecule has 40 valence electrons. The lowest BCUT2D eigenvalue weighted by Crippen LogP contribution is -2.31. The first-order valence-electron chi connectivity index (χ1n) is 1.89. The molecule has 3 N–H and O–H groups in total. The van der Waals surface area contributed by atoms with Crippen molar-refractivity contribution < 1.29 is 10.3 Å². The summed E-state index contributed by atoms with van der Waals surface area (Å²) in [4.78, 5) is 0. The minimum atomic E-state index is -0.958. The molecular formula is C3H6N2O2. The highest BCUT2D eigenvalue weighted by Gasteiger charge is 2.09. The fourth-order valence-corrected chi connectivity index (χ4v) is 0.363. The average Bonchev–Trinajstić information content (AvgIpc) is 1.91. The zero-order valence-electron chi connectivity index (χ0n) is 3.57. The number of hydrogen-bond donors (Lipinski definition) is 3. The highest BCUT2D eigenvalue weighted by Crippen LogP contribution is 1.93. The Hall–Kier alpha value is -0.740. The van der Waals surface area contributed by atoms with Gasteiger partial charge >= 0.3 is 0 Å². The van der Waals surface area contributed by atoms with Gasteiger partial charge < -0.3 is 10.4 Å². The molecule has 7 heavy (non-hydrogen) atoms. The van der Waals surface area contributed by atoms with Crippen LogP contribution in [0.4, 0.5) is 0 Å². The van der Waals surface area contributed by atoms with Gasteiger partial charge in [-0.3, -0.25) is 5.21 Å². The third kappa shape index (κ3) is 0.652. The van der Waals surface area contributed by atoms with E-state index < -0.39 is 6.35 Å². The minimum Gasteiger partial charge on any atom is -0.355 e. The molecule has 1 unspecified atom stereocenters. The second kappa shape index (κ2) is 1.40. The van der Waals surface area contributed by atoms with Gasteiger partial charge in [-0.05, 0) is 0 Å². The lowest BCUT2D eigenvalue weighted by molar-refractivity contribution is -0.155. The van der Waals surface area contributed by atoms with Crippen molar-refractivity contribution in [3.05, 3.63) is 12.4 Å². The summed E-state index contributed by atoms with van der Waals surface area (Å²) in [7, 11) is 0. The van der Waals surface area contributed by atoms with Gasteiger partial charge in [-0.2, -0.15) is 0 Å². The zero-order chi connectivity index (χ0) is 5.28. The van der Waals surface area contributed by atoms with Crippen LogP contribution in [-0.2, 0) is 0 Å². The topological polar surface area (TPSA) is 55.7 Å². The Balaban J connectivity index is 2.45. The number of nitrogens with zero attached hydrogens (tertiary/aromatic N) is 1. The SMILES string of the molecule is OC1NC=CN1O.